The van der Waals surface area contributed by atoms with E-state index in [1.165, 1.54) is 0 Å². The zero-order valence-electron chi connectivity index (χ0n) is 17.0. The van der Waals surface area contributed by atoms with Crippen LogP contribution in [0.15, 0.2) is 36.4 Å². The van der Waals surface area contributed by atoms with Crippen molar-refractivity contribution >= 4 is 6.29 Å². The Morgan fingerprint density at radius 1 is 1.07 bits per heavy atom. The van der Waals surface area contributed by atoms with Crippen molar-refractivity contribution in [3.63, 3.8) is 0 Å². The first-order valence-electron chi connectivity index (χ1n) is 10.1. The molecule has 0 unspecified atom stereocenters. The molecule has 2 aromatic carbocycles. The van der Waals surface area contributed by atoms with E-state index in [1.807, 2.05) is 37.3 Å². The van der Waals surface area contributed by atoms with E-state index >= 15 is 0 Å². The van der Waals surface area contributed by atoms with Crippen molar-refractivity contribution in [3.05, 3.63) is 47.5 Å². The molecular weight excluding hydrogens is 384 g/mol. The Kier molecular flexibility index (Phi) is 7.77. The highest BCUT2D eigenvalue weighted by Gasteiger charge is 2.13. The Balaban J connectivity index is 1.43. The fourth-order valence-electron chi connectivity index (χ4n) is 3.11. The third-order valence-electron chi connectivity index (χ3n) is 4.65. The number of benzene rings is 2. The van der Waals surface area contributed by atoms with E-state index in [1.54, 1.807) is 6.07 Å². The normalized spacial score (nSPS) is 10.7. The number of aromatic amines is 1. The van der Waals surface area contributed by atoms with Crippen LogP contribution in [0.5, 0.6) is 17.2 Å². The molecular formula is C22H26N4O4. The van der Waals surface area contributed by atoms with Crippen LogP contribution in [0, 0.1) is 0 Å². The van der Waals surface area contributed by atoms with Gasteiger partial charge in [-0.1, -0.05) is 19.4 Å². The molecule has 0 aliphatic rings. The molecule has 8 nitrogen and oxygen atoms in total. The number of unbranched alkanes of at least 4 members (excludes halogenated alkanes) is 1. The summed E-state index contributed by atoms with van der Waals surface area (Å²) >= 11 is 0. The number of carbonyl (C=O) groups excluding carboxylic acids is 1. The van der Waals surface area contributed by atoms with Gasteiger partial charge in [-0.15, -0.1) is 10.2 Å². The first kappa shape index (κ1) is 21.3. The van der Waals surface area contributed by atoms with Gasteiger partial charge in [0, 0.05) is 23.1 Å². The Morgan fingerprint density at radius 3 is 2.50 bits per heavy atom. The maximum atomic E-state index is 10.8. The fraction of sp³-hybridized carbons (Fsp3) is 0.364. The molecule has 158 valence electrons. The quantitative estimate of drug-likeness (QED) is 0.347. The average molecular weight is 410 g/mol. The molecule has 30 heavy (non-hydrogen) atoms. The van der Waals surface area contributed by atoms with Gasteiger partial charge in [0.05, 0.1) is 13.2 Å². The lowest BCUT2D eigenvalue weighted by atomic mass is 10.0. The summed E-state index contributed by atoms with van der Waals surface area (Å²) < 4.78 is 11.6. The molecule has 0 aliphatic carbocycles. The van der Waals surface area contributed by atoms with Gasteiger partial charge in [0.15, 0.2) is 0 Å². The number of hydrogen-bond donors (Lipinski definition) is 2. The van der Waals surface area contributed by atoms with Gasteiger partial charge in [-0.25, -0.2) is 0 Å². The van der Waals surface area contributed by atoms with Crippen molar-refractivity contribution in [3.8, 4) is 28.6 Å². The van der Waals surface area contributed by atoms with Crippen LogP contribution in [0.4, 0.5) is 0 Å². The van der Waals surface area contributed by atoms with Gasteiger partial charge in [-0.05, 0) is 54.8 Å². The van der Waals surface area contributed by atoms with Crippen LogP contribution in [0.3, 0.4) is 0 Å². The van der Waals surface area contributed by atoms with E-state index in [-0.39, 0.29) is 12.2 Å². The predicted molar refractivity (Wildman–Crippen MR) is 112 cm³/mol. The number of rotatable bonds is 12. The van der Waals surface area contributed by atoms with Crippen molar-refractivity contribution in [2.45, 2.75) is 39.0 Å². The number of nitrogens with one attached hydrogen (secondary N) is 1. The minimum absolute atomic E-state index is 0.175. The molecule has 1 aromatic heterocycles. The topological polar surface area (TPSA) is 110 Å². The Bertz CT molecular complexity index is 927. The second-order valence-electron chi connectivity index (χ2n) is 6.83. The number of carbonyl (C=O) groups is 1. The summed E-state index contributed by atoms with van der Waals surface area (Å²) in [5, 5.41) is 24.3. The molecule has 1 heterocycles. The lowest BCUT2D eigenvalue weighted by Crippen LogP contribution is -2.05. The lowest BCUT2D eigenvalue weighted by Gasteiger charge is -2.15. The Hall–Kier alpha value is -3.42. The van der Waals surface area contributed by atoms with Crippen molar-refractivity contribution in [2.75, 3.05) is 13.2 Å². The number of nitrogens with zero attached hydrogens (tertiary/aromatic N) is 3. The summed E-state index contributed by atoms with van der Waals surface area (Å²) in [6.45, 7) is 3.15. The molecule has 0 bridgehead atoms. The SMILES string of the molecule is CCCc1c(OCCCCOc2ccc(-c3nn[nH]n3)cc2)ccc(CC=O)c1O. The van der Waals surface area contributed by atoms with Gasteiger partial charge in [0.2, 0.25) is 5.82 Å². The van der Waals surface area contributed by atoms with Crippen molar-refractivity contribution in [2.24, 2.45) is 0 Å². The minimum atomic E-state index is 0.175. The number of ether oxygens (including phenoxy) is 2. The van der Waals surface area contributed by atoms with Crippen LogP contribution in [0.25, 0.3) is 11.4 Å². The van der Waals surface area contributed by atoms with E-state index in [0.29, 0.717) is 36.8 Å². The summed E-state index contributed by atoms with van der Waals surface area (Å²) in [5.41, 5.74) is 2.28. The van der Waals surface area contributed by atoms with Gasteiger partial charge in [-0.2, -0.15) is 5.21 Å². The molecule has 0 amide bonds. The molecule has 0 spiro atoms. The van der Waals surface area contributed by atoms with Gasteiger partial charge in [0.1, 0.15) is 23.5 Å². The van der Waals surface area contributed by atoms with E-state index in [2.05, 4.69) is 20.6 Å². The van der Waals surface area contributed by atoms with E-state index < -0.39 is 0 Å². The first-order valence-corrected chi connectivity index (χ1v) is 10.1. The largest absolute Gasteiger partial charge is 0.507 e. The lowest BCUT2D eigenvalue weighted by molar-refractivity contribution is -0.107. The molecule has 0 fully saturated rings. The number of aromatic nitrogens is 4. The number of H-pyrrole nitrogens is 1. The molecule has 8 heteroatoms. The second-order valence-corrected chi connectivity index (χ2v) is 6.83. The molecule has 0 saturated heterocycles. The highest BCUT2D eigenvalue weighted by molar-refractivity contribution is 5.60. The molecule has 0 atom stereocenters. The standard InChI is InChI=1S/C22H26N4O4/c1-2-5-19-20(11-8-16(12-13-27)21(19)28)30-15-4-3-14-29-18-9-6-17(7-10-18)22-23-25-26-24-22/h6-11,13,28H,2-5,12,14-15H2,1H3,(H,23,24,25,26). The third-order valence-corrected chi connectivity index (χ3v) is 4.65. The molecule has 3 rings (SSSR count). The summed E-state index contributed by atoms with van der Waals surface area (Å²) in [5.74, 6) is 2.19. The Morgan fingerprint density at radius 2 is 1.83 bits per heavy atom. The maximum Gasteiger partial charge on any atom is 0.204 e. The average Bonchev–Trinajstić information content (AvgIpc) is 3.30. The van der Waals surface area contributed by atoms with Crippen LogP contribution < -0.4 is 9.47 Å². The van der Waals surface area contributed by atoms with E-state index in [4.69, 9.17) is 9.47 Å². The summed E-state index contributed by atoms with van der Waals surface area (Å²) in [6.07, 6.45) is 4.25. The predicted octanol–water partition coefficient (Wildman–Crippen LogP) is 3.50. The van der Waals surface area contributed by atoms with Gasteiger partial charge in [-0.3, -0.25) is 0 Å². The number of tetrazole rings is 1. The minimum Gasteiger partial charge on any atom is -0.507 e. The number of aromatic hydroxyl groups is 1. The van der Waals surface area contributed by atoms with Crippen LogP contribution >= 0.6 is 0 Å². The molecule has 3 aromatic rings. The zero-order valence-corrected chi connectivity index (χ0v) is 17.0. The van der Waals surface area contributed by atoms with Crippen LogP contribution in [0.2, 0.25) is 0 Å². The summed E-state index contributed by atoms with van der Waals surface area (Å²) in [6, 6.07) is 11.1. The molecule has 2 N–H and O–H groups in total. The molecule has 0 saturated carbocycles. The van der Waals surface area contributed by atoms with Crippen LogP contribution in [-0.2, 0) is 17.6 Å². The Labute approximate surface area is 175 Å². The molecule has 0 radical (unpaired) electrons. The third kappa shape index (κ3) is 5.56. The van der Waals surface area contributed by atoms with E-state index in [0.717, 1.165) is 42.4 Å². The highest BCUT2D eigenvalue weighted by Crippen LogP contribution is 2.33. The van der Waals surface area contributed by atoms with Crippen molar-refractivity contribution < 1.29 is 19.4 Å². The van der Waals surface area contributed by atoms with Crippen molar-refractivity contribution in [1.29, 1.82) is 0 Å². The summed E-state index contributed by atoms with van der Waals surface area (Å²) in [4.78, 5) is 10.8. The van der Waals surface area contributed by atoms with E-state index in [9.17, 15) is 9.90 Å². The first-order chi connectivity index (χ1) is 14.7. The number of aldehydes is 1. The number of phenolic OH excluding ortho intramolecular Hbond substituents is 1. The second kappa shape index (κ2) is 10.9. The maximum absolute atomic E-state index is 10.8. The van der Waals surface area contributed by atoms with Crippen LogP contribution in [0.1, 0.15) is 37.3 Å². The highest BCUT2D eigenvalue weighted by atomic mass is 16.5. The molecule has 0 aliphatic heterocycles. The van der Waals surface area contributed by atoms with Gasteiger partial charge >= 0.3 is 0 Å². The fourth-order valence-corrected chi connectivity index (χ4v) is 3.11. The van der Waals surface area contributed by atoms with Gasteiger partial charge in [0.25, 0.3) is 0 Å². The summed E-state index contributed by atoms with van der Waals surface area (Å²) in [7, 11) is 0. The van der Waals surface area contributed by atoms with Crippen molar-refractivity contribution in [1.82, 2.24) is 20.6 Å². The monoisotopic (exact) mass is 410 g/mol. The van der Waals surface area contributed by atoms with Crippen LogP contribution in [-0.4, -0.2) is 45.2 Å². The van der Waals surface area contributed by atoms with Gasteiger partial charge < -0.3 is 19.4 Å². The number of hydrogen-bond acceptors (Lipinski definition) is 7. The smallest absolute Gasteiger partial charge is 0.204 e. The zero-order chi connectivity index (χ0) is 21.2. The number of phenols is 1.